The van der Waals surface area contributed by atoms with Crippen LogP contribution in [0.15, 0.2) is 12.3 Å². The third kappa shape index (κ3) is 2.67. The van der Waals surface area contributed by atoms with Gasteiger partial charge in [0.15, 0.2) is 0 Å². The Hall–Kier alpha value is -0.790. The van der Waals surface area contributed by atoms with E-state index in [9.17, 15) is 0 Å². The monoisotopic (exact) mass is 140 g/mol. The summed E-state index contributed by atoms with van der Waals surface area (Å²) in [5, 5.41) is 7.53. The normalized spacial score (nSPS) is 10.9. The number of rotatable bonds is 2. The number of hydrogen-bond donors (Lipinski definition) is 1. The zero-order valence-electron chi connectivity index (χ0n) is 7.18. The molecule has 0 saturated carbocycles. The fraction of sp³-hybridized carbons (Fsp3) is 0.625. The summed E-state index contributed by atoms with van der Waals surface area (Å²) in [7, 11) is 1.89. The van der Waals surface area contributed by atoms with Crippen molar-refractivity contribution >= 4 is 5.84 Å². The Morgan fingerprint density at radius 2 is 2.00 bits per heavy atom. The van der Waals surface area contributed by atoms with Crippen LogP contribution in [0.4, 0.5) is 0 Å². The van der Waals surface area contributed by atoms with Crippen molar-refractivity contribution in [2.45, 2.75) is 20.8 Å². The molecule has 0 saturated heterocycles. The minimum Gasteiger partial charge on any atom is -0.340 e. The molecule has 0 aliphatic heterocycles. The standard InChI is InChI=1S/C8H16N2/c1-5-6-10(4)8(9)7(2)3/h5-7,9H,1-4H3/b6-5-,9-8?. The van der Waals surface area contributed by atoms with Crippen molar-refractivity contribution < 1.29 is 0 Å². The topological polar surface area (TPSA) is 27.1 Å². The van der Waals surface area contributed by atoms with E-state index in [1.807, 2.05) is 45.0 Å². The van der Waals surface area contributed by atoms with E-state index < -0.39 is 0 Å². The minimum atomic E-state index is 0.307. The van der Waals surface area contributed by atoms with E-state index in [0.29, 0.717) is 11.8 Å². The molecule has 1 N–H and O–H groups in total. The van der Waals surface area contributed by atoms with Crippen LogP contribution in [-0.2, 0) is 0 Å². The van der Waals surface area contributed by atoms with Crippen molar-refractivity contribution in [2.75, 3.05) is 7.05 Å². The maximum atomic E-state index is 7.53. The number of nitrogens with zero attached hydrogens (tertiary/aromatic N) is 1. The van der Waals surface area contributed by atoms with Crippen LogP contribution in [0.1, 0.15) is 20.8 Å². The Kier molecular flexibility index (Phi) is 3.77. The molecular formula is C8H16N2. The van der Waals surface area contributed by atoms with Gasteiger partial charge in [0.25, 0.3) is 0 Å². The van der Waals surface area contributed by atoms with Gasteiger partial charge >= 0.3 is 0 Å². The second kappa shape index (κ2) is 4.09. The highest BCUT2D eigenvalue weighted by Crippen LogP contribution is 1.99. The van der Waals surface area contributed by atoms with Crippen LogP contribution >= 0.6 is 0 Å². The van der Waals surface area contributed by atoms with Crippen LogP contribution in [0, 0.1) is 11.3 Å². The van der Waals surface area contributed by atoms with Crippen molar-refractivity contribution in [3.8, 4) is 0 Å². The molecule has 58 valence electrons. The van der Waals surface area contributed by atoms with E-state index in [1.54, 1.807) is 0 Å². The lowest BCUT2D eigenvalue weighted by Crippen LogP contribution is -2.24. The van der Waals surface area contributed by atoms with E-state index in [1.165, 1.54) is 0 Å². The summed E-state index contributed by atoms with van der Waals surface area (Å²) in [4.78, 5) is 1.82. The van der Waals surface area contributed by atoms with E-state index in [2.05, 4.69) is 0 Å². The summed E-state index contributed by atoms with van der Waals surface area (Å²) in [6.45, 7) is 5.98. The van der Waals surface area contributed by atoms with E-state index in [-0.39, 0.29) is 0 Å². The van der Waals surface area contributed by atoms with Gasteiger partial charge in [-0.15, -0.1) is 0 Å². The van der Waals surface area contributed by atoms with Gasteiger partial charge in [-0.2, -0.15) is 0 Å². The average Bonchev–Trinajstić information content (AvgIpc) is 1.87. The van der Waals surface area contributed by atoms with Crippen LogP contribution in [0.2, 0.25) is 0 Å². The Labute approximate surface area is 63.0 Å². The molecule has 2 nitrogen and oxygen atoms in total. The Balaban J connectivity index is 3.95. The van der Waals surface area contributed by atoms with Crippen LogP contribution < -0.4 is 0 Å². The van der Waals surface area contributed by atoms with Crippen molar-refractivity contribution in [1.82, 2.24) is 4.90 Å². The molecule has 0 aromatic heterocycles. The third-order valence-corrected chi connectivity index (χ3v) is 1.30. The van der Waals surface area contributed by atoms with Crippen LogP contribution in [0.3, 0.4) is 0 Å². The maximum Gasteiger partial charge on any atom is 0.102 e. The predicted molar refractivity (Wildman–Crippen MR) is 45.1 cm³/mol. The fourth-order valence-corrected chi connectivity index (χ4v) is 0.711. The van der Waals surface area contributed by atoms with Gasteiger partial charge in [-0.05, 0) is 6.92 Å². The van der Waals surface area contributed by atoms with Gasteiger partial charge in [-0.3, -0.25) is 5.41 Å². The van der Waals surface area contributed by atoms with Crippen molar-refractivity contribution in [2.24, 2.45) is 5.92 Å². The second-order valence-electron chi connectivity index (χ2n) is 2.63. The summed E-state index contributed by atoms with van der Waals surface area (Å²) in [6, 6.07) is 0. The molecule has 10 heavy (non-hydrogen) atoms. The van der Waals surface area contributed by atoms with Gasteiger partial charge < -0.3 is 4.90 Å². The highest BCUT2D eigenvalue weighted by atomic mass is 15.1. The van der Waals surface area contributed by atoms with Gasteiger partial charge in [0, 0.05) is 19.2 Å². The zero-order chi connectivity index (χ0) is 8.15. The molecule has 0 aliphatic rings. The predicted octanol–water partition coefficient (Wildman–Crippen LogP) is 2.09. The molecule has 2 heteroatoms. The van der Waals surface area contributed by atoms with Crippen molar-refractivity contribution in [3.05, 3.63) is 12.3 Å². The van der Waals surface area contributed by atoms with Crippen LogP contribution in [-0.4, -0.2) is 17.8 Å². The second-order valence-corrected chi connectivity index (χ2v) is 2.63. The molecule has 0 unspecified atom stereocenters. The molecule has 0 atom stereocenters. The van der Waals surface area contributed by atoms with Gasteiger partial charge in [-0.25, -0.2) is 0 Å². The van der Waals surface area contributed by atoms with Gasteiger partial charge in [-0.1, -0.05) is 19.9 Å². The maximum absolute atomic E-state index is 7.53. The highest BCUT2D eigenvalue weighted by molar-refractivity contribution is 5.81. The average molecular weight is 140 g/mol. The van der Waals surface area contributed by atoms with Gasteiger partial charge in [0.05, 0.1) is 0 Å². The minimum absolute atomic E-state index is 0.307. The lowest BCUT2D eigenvalue weighted by Gasteiger charge is -2.17. The molecule has 0 spiro atoms. The molecule has 0 rings (SSSR count). The highest BCUT2D eigenvalue weighted by Gasteiger charge is 2.04. The fourth-order valence-electron chi connectivity index (χ4n) is 0.711. The van der Waals surface area contributed by atoms with E-state index >= 15 is 0 Å². The smallest absolute Gasteiger partial charge is 0.102 e. The first-order chi connectivity index (χ1) is 4.59. The molecule has 0 fully saturated rings. The SMILES string of the molecule is C/C=C\N(C)C(=N)C(C)C. The first kappa shape index (κ1) is 9.21. The number of hydrogen-bond acceptors (Lipinski definition) is 1. The molecule has 0 aromatic rings. The van der Waals surface area contributed by atoms with Crippen molar-refractivity contribution in [3.63, 3.8) is 0 Å². The largest absolute Gasteiger partial charge is 0.340 e. The summed E-state index contributed by atoms with van der Waals surface area (Å²) in [5.41, 5.74) is 0. The van der Waals surface area contributed by atoms with Gasteiger partial charge in [0.1, 0.15) is 5.84 Å². The molecule has 0 aromatic carbocycles. The van der Waals surface area contributed by atoms with Crippen molar-refractivity contribution in [1.29, 1.82) is 5.41 Å². The van der Waals surface area contributed by atoms with Crippen LogP contribution in [0.25, 0.3) is 0 Å². The number of allylic oxidation sites excluding steroid dienone is 1. The molecule has 0 bridgehead atoms. The molecule has 0 aliphatic carbocycles. The Bertz CT molecular complexity index is 136. The lowest BCUT2D eigenvalue weighted by atomic mass is 10.2. The lowest BCUT2D eigenvalue weighted by molar-refractivity contribution is 0.618. The first-order valence-corrected chi connectivity index (χ1v) is 3.53. The quantitative estimate of drug-likeness (QED) is 0.461. The molecule has 0 heterocycles. The third-order valence-electron chi connectivity index (χ3n) is 1.30. The van der Waals surface area contributed by atoms with Crippen LogP contribution in [0.5, 0.6) is 0 Å². The number of nitrogens with one attached hydrogen (secondary N) is 1. The van der Waals surface area contributed by atoms with Gasteiger partial charge in [0.2, 0.25) is 0 Å². The van der Waals surface area contributed by atoms with E-state index in [0.717, 1.165) is 0 Å². The first-order valence-electron chi connectivity index (χ1n) is 3.53. The number of amidine groups is 1. The Morgan fingerprint density at radius 3 is 2.30 bits per heavy atom. The molecule has 0 amide bonds. The van der Waals surface area contributed by atoms with E-state index in [4.69, 9.17) is 5.41 Å². The summed E-state index contributed by atoms with van der Waals surface area (Å²) in [5.74, 6) is 0.958. The zero-order valence-corrected chi connectivity index (χ0v) is 7.18. The summed E-state index contributed by atoms with van der Waals surface area (Å²) in [6.07, 6.45) is 3.82. The summed E-state index contributed by atoms with van der Waals surface area (Å²) >= 11 is 0. The summed E-state index contributed by atoms with van der Waals surface area (Å²) < 4.78 is 0. The molecule has 0 radical (unpaired) electrons. The Morgan fingerprint density at radius 1 is 1.50 bits per heavy atom. The molecular weight excluding hydrogens is 124 g/mol.